The molecule has 5 heteroatoms. The minimum atomic E-state index is -0.213. The average Bonchev–Trinajstić information content (AvgIpc) is 2.49. The highest BCUT2D eigenvalue weighted by Crippen LogP contribution is 2.19. The molecule has 3 nitrogen and oxygen atoms in total. The van der Waals surface area contributed by atoms with Crippen molar-refractivity contribution in [3.05, 3.63) is 0 Å². The van der Waals surface area contributed by atoms with Crippen LogP contribution in [0.5, 0.6) is 0 Å². The van der Waals surface area contributed by atoms with Crippen LogP contribution in [-0.4, -0.2) is 49.0 Å². The molecule has 0 unspecified atom stereocenters. The van der Waals surface area contributed by atoms with E-state index in [1.165, 1.54) is 0 Å². The number of hydrogen-bond donors (Lipinski definition) is 1. The zero-order chi connectivity index (χ0) is 10.4. The number of likely N-dealkylation sites (tertiary alicyclic amines) is 1. The SMILES string of the molecule is CO[C@@H](C)[C@@H]1[C@@H](O)CCN1C.FF. The van der Waals surface area contributed by atoms with Crippen molar-refractivity contribution in [3.8, 4) is 0 Å². The topological polar surface area (TPSA) is 32.7 Å². The molecule has 1 fully saturated rings. The minimum Gasteiger partial charge on any atom is -0.391 e. The van der Waals surface area contributed by atoms with Crippen molar-refractivity contribution >= 4 is 0 Å². The van der Waals surface area contributed by atoms with Crippen LogP contribution in [0, 0.1) is 0 Å². The molecule has 1 saturated heterocycles. The lowest BCUT2D eigenvalue weighted by molar-refractivity contribution is 0.00586. The van der Waals surface area contributed by atoms with Crippen LogP contribution in [0.2, 0.25) is 0 Å². The number of halogens is 2. The Kier molecular flexibility index (Phi) is 6.11. The van der Waals surface area contributed by atoms with E-state index < -0.39 is 0 Å². The van der Waals surface area contributed by atoms with Gasteiger partial charge in [0.1, 0.15) is 0 Å². The van der Waals surface area contributed by atoms with Crippen LogP contribution in [0.15, 0.2) is 0 Å². The maximum Gasteiger partial charge on any atom is 0.0732 e. The third-order valence-electron chi connectivity index (χ3n) is 2.53. The molecule has 0 spiro atoms. The van der Waals surface area contributed by atoms with Gasteiger partial charge in [0.2, 0.25) is 0 Å². The van der Waals surface area contributed by atoms with Gasteiger partial charge in [0, 0.05) is 22.8 Å². The Morgan fingerprint density at radius 1 is 1.54 bits per heavy atom. The van der Waals surface area contributed by atoms with Gasteiger partial charge in [0.05, 0.1) is 18.2 Å². The molecule has 1 aliphatic heterocycles. The second-order valence-corrected chi connectivity index (χ2v) is 3.27. The van der Waals surface area contributed by atoms with Gasteiger partial charge in [0.15, 0.2) is 0 Å². The molecule has 0 aliphatic carbocycles. The molecule has 1 rings (SSSR count). The highest BCUT2D eigenvalue weighted by Gasteiger charge is 2.34. The van der Waals surface area contributed by atoms with Crippen molar-refractivity contribution in [2.24, 2.45) is 0 Å². The molecular weight excluding hydrogens is 180 g/mol. The second kappa shape index (κ2) is 6.23. The standard InChI is InChI=1S/C8H17NO2.F2/c1-6(11-3)8-7(10)4-5-9(8)2;1-2/h6-8,10H,4-5H2,1-3H3;/t6-,7-,8+;/m0./s1. The summed E-state index contributed by atoms with van der Waals surface area (Å²) in [5.74, 6) is 0. The number of hydrogen-bond acceptors (Lipinski definition) is 3. The summed E-state index contributed by atoms with van der Waals surface area (Å²) < 4.78 is 21.2. The monoisotopic (exact) mass is 197 g/mol. The van der Waals surface area contributed by atoms with Crippen LogP contribution >= 0.6 is 0 Å². The van der Waals surface area contributed by atoms with Crippen LogP contribution in [0.4, 0.5) is 9.15 Å². The van der Waals surface area contributed by atoms with Crippen LogP contribution in [-0.2, 0) is 4.74 Å². The fourth-order valence-electron chi connectivity index (χ4n) is 1.76. The van der Waals surface area contributed by atoms with Crippen LogP contribution < -0.4 is 0 Å². The summed E-state index contributed by atoms with van der Waals surface area (Å²) in [6, 6.07) is 0.181. The van der Waals surface area contributed by atoms with E-state index in [0.29, 0.717) is 0 Å². The first-order chi connectivity index (χ1) is 6.16. The maximum absolute atomic E-state index is 9.54. The van der Waals surface area contributed by atoms with Crippen molar-refractivity contribution in [1.29, 1.82) is 0 Å². The van der Waals surface area contributed by atoms with Gasteiger partial charge in [-0.15, -0.1) is 0 Å². The molecule has 0 radical (unpaired) electrons. The van der Waals surface area contributed by atoms with E-state index in [2.05, 4.69) is 4.90 Å². The number of methoxy groups -OCH3 is 1. The van der Waals surface area contributed by atoms with Crippen molar-refractivity contribution < 1.29 is 19.0 Å². The highest BCUT2D eigenvalue weighted by molar-refractivity contribution is 4.88. The van der Waals surface area contributed by atoms with Crippen molar-refractivity contribution in [2.75, 3.05) is 20.7 Å². The largest absolute Gasteiger partial charge is 0.391 e. The Labute approximate surface area is 77.2 Å². The lowest BCUT2D eigenvalue weighted by atomic mass is 10.1. The normalized spacial score (nSPS) is 30.9. The predicted octanol–water partition coefficient (Wildman–Crippen LogP) is 0.927. The average molecular weight is 197 g/mol. The van der Waals surface area contributed by atoms with Crippen LogP contribution in [0.25, 0.3) is 0 Å². The lowest BCUT2D eigenvalue weighted by Crippen LogP contribution is -2.42. The maximum atomic E-state index is 9.54. The summed E-state index contributed by atoms with van der Waals surface area (Å²) in [7, 11) is 3.71. The summed E-state index contributed by atoms with van der Waals surface area (Å²) in [6.45, 7) is 2.97. The first kappa shape index (κ1) is 12.7. The van der Waals surface area contributed by atoms with Crippen LogP contribution in [0.1, 0.15) is 13.3 Å². The molecule has 1 N–H and O–H groups in total. The van der Waals surface area contributed by atoms with Gasteiger partial charge in [-0.25, -0.2) is 0 Å². The summed E-state index contributed by atoms with van der Waals surface area (Å²) in [6.07, 6.45) is 0.780. The van der Waals surface area contributed by atoms with E-state index in [-0.39, 0.29) is 18.2 Å². The van der Waals surface area contributed by atoms with E-state index in [4.69, 9.17) is 13.9 Å². The van der Waals surface area contributed by atoms with Gasteiger partial charge in [-0.2, -0.15) is 0 Å². The van der Waals surface area contributed by atoms with E-state index in [9.17, 15) is 5.11 Å². The molecule has 0 aromatic heterocycles. The summed E-state index contributed by atoms with van der Waals surface area (Å²) in [4.78, 5) is 2.15. The second-order valence-electron chi connectivity index (χ2n) is 3.27. The van der Waals surface area contributed by atoms with Crippen molar-refractivity contribution in [3.63, 3.8) is 0 Å². The third-order valence-corrected chi connectivity index (χ3v) is 2.53. The Balaban J connectivity index is 0.000000671. The molecular formula is C8H17F2NO2. The minimum absolute atomic E-state index is 0.123. The molecule has 0 amide bonds. The van der Waals surface area contributed by atoms with E-state index in [1.54, 1.807) is 7.11 Å². The highest BCUT2D eigenvalue weighted by atomic mass is 20.0. The number of likely N-dealkylation sites (N-methyl/N-ethyl adjacent to an activating group) is 1. The van der Waals surface area contributed by atoms with Gasteiger partial charge in [-0.05, 0) is 20.4 Å². The number of rotatable bonds is 2. The van der Waals surface area contributed by atoms with Crippen LogP contribution in [0.3, 0.4) is 0 Å². The van der Waals surface area contributed by atoms with Gasteiger partial charge in [-0.3, -0.25) is 4.90 Å². The fraction of sp³-hybridized carbons (Fsp3) is 1.00. The summed E-state index contributed by atoms with van der Waals surface area (Å²) >= 11 is 0. The molecule has 3 atom stereocenters. The smallest absolute Gasteiger partial charge is 0.0732 e. The fourth-order valence-corrected chi connectivity index (χ4v) is 1.76. The van der Waals surface area contributed by atoms with Gasteiger partial charge < -0.3 is 9.84 Å². The molecule has 0 bridgehead atoms. The number of aliphatic hydroxyl groups is 1. The number of aliphatic hydroxyl groups excluding tert-OH is 1. The molecule has 0 aromatic rings. The first-order valence-corrected chi connectivity index (χ1v) is 4.22. The number of ether oxygens (including phenoxy) is 1. The molecule has 0 saturated carbocycles. The quantitative estimate of drug-likeness (QED) is 0.714. The zero-order valence-corrected chi connectivity index (χ0v) is 8.20. The molecule has 1 heterocycles. The third kappa shape index (κ3) is 3.17. The predicted molar refractivity (Wildman–Crippen MR) is 45.7 cm³/mol. The summed E-state index contributed by atoms with van der Waals surface area (Å²) in [5, 5.41) is 9.54. The van der Waals surface area contributed by atoms with Crippen molar-refractivity contribution in [1.82, 2.24) is 4.90 Å². The molecule has 0 aromatic carbocycles. The number of nitrogens with zero attached hydrogens (tertiary/aromatic N) is 1. The Morgan fingerprint density at radius 2 is 2.08 bits per heavy atom. The lowest BCUT2D eigenvalue weighted by Gasteiger charge is -2.27. The summed E-state index contributed by atoms with van der Waals surface area (Å²) in [5.41, 5.74) is 0. The first-order valence-electron chi connectivity index (χ1n) is 4.22. The Bertz CT molecular complexity index is 127. The molecule has 1 aliphatic rings. The molecule has 13 heavy (non-hydrogen) atoms. The van der Waals surface area contributed by atoms with Gasteiger partial charge >= 0.3 is 0 Å². The van der Waals surface area contributed by atoms with Crippen molar-refractivity contribution in [2.45, 2.75) is 31.6 Å². The Hall–Kier alpha value is -0.260. The van der Waals surface area contributed by atoms with E-state index >= 15 is 0 Å². The Morgan fingerprint density at radius 3 is 2.38 bits per heavy atom. The van der Waals surface area contributed by atoms with E-state index in [0.717, 1.165) is 13.0 Å². The zero-order valence-electron chi connectivity index (χ0n) is 8.20. The van der Waals surface area contributed by atoms with Gasteiger partial charge in [-0.1, -0.05) is 0 Å². The van der Waals surface area contributed by atoms with Gasteiger partial charge in [0.25, 0.3) is 0 Å². The molecule has 80 valence electrons. The van der Waals surface area contributed by atoms with E-state index in [1.807, 2.05) is 14.0 Å².